The number of aliphatic carboxylic acids is 1. The largest absolute Gasteiger partial charge is 0.508 e. The van der Waals surface area contributed by atoms with E-state index in [1.165, 1.54) is 23.9 Å². The van der Waals surface area contributed by atoms with Crippen LogP contribution in [0.25, 0.3) is 0 Å². The monoisotopic (exact) mass is 587 g/mol. The average molecular weight is 588 g/mol. The Morgan fingerprint density at radius 3 is 1.90 bits per heavy atom. The van der Waals surface area contributed by atoms with Gasteiger partial charge in [0.2, 0.25) is 23.6 Å². The molecule has 0 aliphatic heterocycles. The Morgan fingerprint density at radius 2 is 1.32 bits per heavy atom. The molecule has 0 aliphatic rings. The summed E-state index contributed by atoms with van der Waals surface area (Å²) in [4.78, 5) is 62.4. The lowest BCUT2D eigenvalue weighted by Gasteiger charge is -2.25. The minimum absolute atomic E-state index is 0.00299. The zero-order chi connectivity index (χ0) is 30.4. The Balaban J connectivity index is 2.21. The molecule has 41 heavy (non-hydrogen) atoms. The fourth-order valence-corrected chi connectivity index (χ4v) is 4.36. The maximum Gasteiger partial charge on any atom is 0.326 e. The Kier molecular flexibility index (Phi) is 13.6. The van der Waals surface area contributed by atoms with Gasteiger partial charge in [-0.2, -0.15) is 11.8 Å². The molecule has 0 heterocycles. The van der Waals surface area contributed by atoms with Crippen molar-refractivity contribution in [3.63, 3.8) is 0 Å². The second-order valence-corrected chi connectivity index (χ2v) is 10.5. The van der Waals surface area contributed by atoms with Crippen LogP contribution in [-0.2, 0) is 36.8 Å². The standard InChI is InChI=1S/C28H37N5O7S/c1-41-14-13-21(26(37)33-23(28(39)40)16-17-5-3-2-4-6-17)31-27(38)22(15-18-7-9-19(34)10-8-18)32-25(36)20(29)11-12-24(30)35/h2-10,20-23,34H,11-16,29H2,1H3,(H2,30,35)(H,31,38)(H,32,36)(H,33,37)(H,39,40). The number of carbonyl (C=O) groups excluding carboxylic acids is 4. The molecule has 0 aromatic heterocycles. The number of nitrogens with one attached hydrogen (secondary N) is 3. The van der Waals surface area contributed by atoms with Gasteiger partial charge in [-0.15, -0.1) is 0 Å². The number of hydrogen-bond donors (Lipinski definition) is 7. The molecular weight excluding hydrogens is 550 g/mol. The van der Waals surface area contributed by atoms with Crippen molar-refractivity contribution < 1.29 is 34.2 Å². The van der Waals surface area contributed by atoms with E-state index in [2.05, 4.69) is 16.0 Å². The highest BCUT2D eigenvalue weighted by molar-refractivity contribution is 7.98. The van der Waals surface area contributed by atoms with Crippen LogP contribution in [-0.4, -0.2) is 76.0 Å². The van der Waals surface area contributed by atoms with Crippen LogP contribution in [0, 0.1) is 0 Å². The van der Waals surface area contributed by atoms with E-state index in [4.69, 9.17) is 11.5 Å². The van der Waals surface area contributed by atoms with E-state index in [0.29, 0.717) is 16.9 Å². The van der Waals surface area contributed by atoms with E-state index in [0.717, 1.165) is 0 Å². The third kappa shape index (κ3) is 11.9. The molecule has 0 bridgehead atoms. The van der Waals surface area contributed by atoms with E-state index in [9.17, 15) is 34.2 Å². The van der Waals surface area contributed by atoms with Crippen LogP contribution in [0.3, 0.4) is 0 Å². The Hall–Kier alpha value is -4.10. The summed E-state index contributed by atoms with van der Waals surface area (Å²) in [5.41, 5.74) is 12.3. The van der Waals surface area contributed by atoms with Gasteiger partial charge in [-0.25, -0.2) is 4.79 Å². The second-order valence-electron chi connectivity index (χ2n) is 9.48. The van der Waals surface area contributed by atoms with Crippen molar-refractivity contribution in [2.75, 3.05) is 12.0 Å². The van der Waals surface area contributed by atoms with Crippen LogP contribution in [0.2, 0.25) is 0 Å². The molecule has 12 nitrogen and oxygen atoms in total. The van der Waals surface area contributed by atoms with Gasteiger partial charge in [-0.3, -0.25) is 19.2 Å². The summed E-state index contributed by atoms with van der Waals surface area (Å²) in [6.45, 7) is 0. The van der Waals surface area contributed by atoms with Crippen molar-refractivity contribution in [3.05, 3.63) is 65.7 Å². The van der Waals surface area contributed by atoms with Crippen LogP contribution >= 0.6 is 11.8 Å². The molecule has 0 saturated heterocycles. The molecule has 4 amide bonds. The van der Waals surface area contributed by atoms with Crippen molar-refractivity contribution in [2.45, 2.75) is 56.3 Å². The quantitative estimate of drug-likeness (QED) is 0.133. The van der Waals surface area contributed by atoms with Gasteiger partial charge in [-0.1, -0.05) is 42.5 Å². The predicted molar refractivity (Wildman–Crippen MR) is 155 cm³/mol. The highest BCUT2D eigenvalue weighted by atomic mass is 32.2. The Bertz CT molecular complexity index is 1180. The summed E-state index contributed by atoms with van der Waals surface area (Å²) in [6, 6.07) is 10.2. The van der Waals surface area contributed by atoms with Crippen molar-refractivity contribution in [1.29, 1.82) is 0 Å². The minimum Gasteiger partial charge on any atom is -0.508 e. The molecule has 0 spiro atoms. The van der Waals surface area contributed by atoms with Crippen LogP contribution in [0.1, 0.15) is 30.4 Å². The summed E-state index contributed by atoms with van der Waals surface area (Å²) in [6.07, 6.45) is 1.94. The number of amides is 4. The van der Waals surface area contributed by atoms with Gasteiger partial charge in [0.05, 0.1) is 6.04 Å². The van der Waals surface area contributed by atoms with Crippen LogP contribution in [0.15, 0.2) is 54.6 Å². The predicted octanol–water partition coefficient (Wildman–Crippen LogP) is 0.0623. The molecule has 2 aromatic rings. The number of phenolic OH excluding ortho intramolecular Hbond substituents is 1. The van der Waals surface area contributed by atoms with Crippen molar-refractivity contribution >= 4 is 41.4 Å². The number of carboxylic acids is 1. The lowest BCUT2D eigenvalue weighted by atomic mass is 10.0. The van der Waals surface area contributed by atoms with Gasteiger partial charge in [0.25, 0.3) is 0 Å². The molecule has 0 aliphatic carbocycles. The molecule has 4 unspecified atom stereocenters. The topological polar surface area (TPSA) is 214 Å². The fraction of sp³-hybridized carbons (Fsp3) is 0.393. The van der Waals surface area contributed by atoms with Gasteiger partial charge < -0.3 is 37.6 Å². The first kappa shape index (κ1) is 33.1. The lowest BCUT2D eigenvalue weighted by molar-refractivity contribution is -0.142. The number of rotatable bonds is 17. The number of aromatic hydroxyl groups is 1. The van der Waals surface area contributed by atoms with Crippen molar-refractivity contribution in [2.24, 2.45) is 11.5 Å². The number of primary amides is 1. The lowest BCUT2D eigenvalue weighted by Crippen LogP contribution is -2.58. The molecule has 2 rings (SSSR count). The highest BCUT2D eigenvalue weighted by Gasteiger charge is 2.30. The highest BCUT2D eigenvalue weighted by Crippen LogP contribution is 2.13. The van der Waals surface area contributed by atoms with E-state index in [-0.39, 0.29) is 37.9 Å². The molecule has 0 radical (unpaired) electrons. The third-order valence-electron chi connectivity index (χ3n) is 6.19. The first-order valence-corrected chi connectivity index (χ1v) is 14.4. The molecule has 13 heteroatoms. The number of carbonyl (C=O) groups is 5. The summed E-state index contributed by atoms with van der Waals surface area (Å²) < 4.78 is 0. The number of carboxylic acid groups (broad SMARTS) is 1. The SMILES string of the molecule is CSCCC(NC(=O)C(Cc1ccc(O)cc1)NC(=O)C(N)CCC(N)=O)C(=O)NC(Cc1ccccc1)C(=O)O. The first-order valence-electron chi connectivity index (χ1n) is 13.0. The van der Waals surface area contributed by atoms with Gasteiger partial charge >= 0.3 is 5.97 Å². The number of nitrogens with two attached hydrogens (primary N) is 2. The zero-order valence-electron chi connectivity index (χ0n) is 22.7. The molecule has 2 aromatic carbocycles. The molecule has 4 atom stereocenters. The van der Waals surface area contributed by atoms with E-state index < -0.39 is 53.8 Å². The molecule has 9 N–H and O–H groups in total. The molecule has 222 valence electrons. The maximum absolute atomic E-state index is 13.4. The van der Waals surface area contributed by atoms with E-state index in [1.54, 1.807) is 42.5 Å². The summed E-state index contributed by atoms with van der Waals surface area (Å²) >= 11 is 1.44. The molecular formula is C28H37N5O7S. The molecule has 0 saturated carbocycles. The van der Waals surface area contributed by atoms with Crippen LogP contribution in [0.5, 0.6) is 5.75 Å². The van der Waals surface area contributed by atoms with Gasteiger partial charge in [-0.05, 0) is 48.1 Å². The Labute approximate surface area is 242 Å². The van der Waals surface area contributed by atoms with Crippen molar-refractivity contribution in [1.82, 2.24) is 16.0 Å². The van der Waals surface area contributed by atoms with E-state index >= 15 is 0 Å². The first-order chi connectivity index (χ1) is 19.5. The number of hydrogen-bond acceptors (Lipinski definition) is 8. The van der Waals surface area contributed by atoms with Gasteiger partial charge in [0.1, 0.15) is 23.9 Å². The van der Waals surface area contributed by atoms with E-state index in [1.807, 2.05) is 6.26 Å². The van der Waals surface area contributed by atoms with Crippen LogP contribution in [0.4, 0.5) is 0 Å². The average Bonchev–Trinajstić information content (AvgIpc) is 2.94. The normalized spacial score (nSPS) is 13.7. The minimum atomic E-state index is -1.23. The number of benzene rings is 2. The van der Waals surface area contributed by atoms with Gasteiger partial charge in [0, 0.05) is 19.3 Å². The third-order valence-corrected chi connectivity index (χ3v) is 6.83. The number of thioether (sulfide) groups is 1. The van der Waals surface area contributed by atoms with Gasteiger partial charge in [0.15, 0.2) is 0 Å². The summed E-state index contributed by atoms with van der Waals surface area (Å²) in [5.74, 6) is -3.40. The number of phenols is 1. The maximum atomic E-state index is 13.4. The molecule has 0 fully saturated rings. The fourth-order valence-electron chi connectivity index (χ4n) is 3.88. The summed E-state index contributed by atoms with van der Waals surface area (Å²) in [5, 5.41) is 27.1. The zero-order valence-corrected chi connectivity index (χ0v) is 23.6. The Morgan fingerprint density at radius 1 is 0.780 bits per heavy atom. The van der Waals surface area contributed by atoms with Crippen LogP contribution < -0.4 is 27.4 Å². The second kappa shape index (κ2) is 16.9. The van der Waals surface area contributed by atoms with Crippen molar-refractivity contribution in [3.8, 4) is 5.75 Å². The summed E-state index contributed by atoms with van der Waals surface area (Å²) in [7, 11) is 0. The smallest absolute Gasteiger partial charge is 0.326 e.